The van der Waals surface area contributed by atoms with E-state index in [0.29, 0.717) is 26.2 Å². The molecule has 0 radical (unpaired) electrons. The zero-order chi connectivity index (χ0) is 16.4. The zero-order valence-electron chi connectivity index (χ0n) is 13.4. The monoisotopic (exact) mass is 321 g/mol. The first kappa shape index (κ1) is 14.8. The first-order chi connectivity index (χ1) is 11.8. The number of ether oxygens (including phenoxy) is 1. The normalized spacial score (nSPS) is 16.4. The third-order valence-corrected chi connectivity index (χ3v) is 4.35. The van der Waals surface area contributed by atoms with Gasteiger partial charge in [0.15, 0.2) is 0 Å². The maximum Gasteiger partial charge on any atom is 0.262 e. The van der Waals surface area contributed by atoms with Crippen LogP contribution in [-0.2, 0) is 4.79 Å². The van der Waals surface area contributed by atoms with Crippen molar-refractivity contribution in [1.29, 1.82) is 0 Å². The number of carbonyl (C=O) groups excluding carboxylic acids is 1. The number of hydrogen-bond donors (Lipinski definition) is 0. The minimum Gasteiger partial charge on any atom is -0.490 e. The molecule has 122 valence electrons. The topological polar surface area (TPSA) is 45.1 Å². The van der Waals surface area contributed by atoms with Crippen molar-refractivity contribution in [3.05, 3.63) is 60.2 Å². The molecule has 0 fully saturated rings. The molecule has 0 aromatic heterocycles. The van der Waals surface area contributed by atoms with E-state index in [0.717, 1.165) is 29.1 Å². The molecule has 2 aliphatic heterocycles. The molecule has 2 aliphatic rings. The van der Waals surface area contributed by atoms with Crippen LogP contribution < -0.4 is 9.64 Å². The lowest BCUT2D eigenvalue weighted by Crippen LogP contribution is -2.41. The maximum absolute atomic E-state index is 12.6. The number of benzene rings is 2. The van der Waals surface area contributed by atoms with E-state index in [2.05, 4.69) is 10.0 Å². The molecule has 0 saturated carbocycles. The Morgan fingerprint density at radius 3 is 2.71 bits per heavy atom. The van der Waals surface area contributed by atoms with Crippen molar-refractivity contribution >= 4 is 17.3 Å². The summed E-state index contributed by atoms with van der Waals surface area (Å²) < 4.78 is 5.64. The zero-order valence-corrected chi connectivity index (χ0v) is 13.4. The minimum atomic E-state index is 0.0256. The van der Waals surface area contributed by atoms with Crippen LogP contribution in [0.15, 0.2) is 59.7 Å². The van der Waals surface area contributed by atoms with Gasteiger partial charge >= 0.3 is 0 Å². The summed E-state index contributed by atoms with van der Waals surface area (Å²) in [5.41, 5.74) is 3.04. The van der Waals surface area contributed by atoms with Gasteiger partial charge in [-0.05, 0) is 17.7 Å². The van der Waals surface area contributed by atoms with Crippen molar-refractivity contribution < 1.29 is 9.53 Å². The first-order valence-corrected chi connectivity index (χ1v) is 8.21. The van der Waals surface area contributed by atoms with E-state index in [1.54, 1.807) is 5.01 Å². The van der Waals surface area contributed by atoms with Crippen molar-refractivity contribution in [3.8, 4) is 5.75 Å². The predicted molar refractivity (Wildman–Crippen MR) is 93.5 cm³/mol. The van der Waals surface area contributed by atoms with Crippen LogP contribution in [0.5, 0.6) is 5.75 Å². The highest BCUT2D eigenvalue weighted by Gasteiger charge is 2.25. The lowest BCUT2D eigenvalue weighted by atomic mass is 10.1. The molecule has 4 rings (SSSR count). The molecular formula is C19H19N3O2. The fourth-order valence-corrected chi connectivity index (χ4v) is 3.11. The van der Waals surface area contributed by atoms with Crippen molar-refractivity contribution in [2.75, 3.05) is 31.1 Å². The molecule has 0 spiro atoms. The lowest BCUT2D eigenvalue weighted by Gasteiger charge is -2.31. The van der Waals surface area contributed by atoms with Gasteiger partial charge in [-0.3, -0.25) is 4.79 Å². The second kappa shape index (κ2) is 6.35. The molecule has 0 unspecified atom stereocenters. The van der Waals surface area contributed by atoms with Gasteiger partial charge in [-0.1, -0.05) is 42.5 Å². The SMILES string of the molecule is O=C(CN1CCOc2ccccc21)N1CCC(c2ccccc2)=N1. The van der Waals surface area contributed by atoms with Crippen LogP contribution in [-0.4, -0.2) is 42.9 Å². The molecule has 0 N–H and O–H groups in total. The quantitative estimate of drug-likeness (QED) is 0.872. The molecule has 5 nitrogen and oxygen atoms in total. The van der Waals surface area contributed by atoms with Crippen molar-refractivity contribution in [3.63, 3.8) is 0 Å². The Balaban J connectivity index is 1.47. The summed E-state index contributed by atoms with van der Waals surface area (Å²) in [6.07, 6.45) is 0.801. The molecule has 0 bridgehead atoms. The first-order valence-electron chi connectivity index (χ1n) is 8.21. The Hall–Kier alpha value is -2.82. The number of hydrogen-bond acceptors (Lipinski definition) is 4. The summed E-state index contributed by atoms with van der Waals surface area (Å²) in [6, 6.07) is 17.9. The summed E-state index contributed by atoms with van der Waals surface area (Å²) in [5, 5.41) is 6.12. The van der Waals surface area contributed by atoms with Gasteiger partial charge in [-0.15, -0.1) is 0 Å². The fraction of sp³-hybridized carbons (Fsp3) is 0.263. The molecule has 0 saturated heterocycles. The highest BCUT2D eigenvalue weighted by Crippen LogP contribution is 2.30. The highest BCUT2D eigenvalue weighted by molar-refractivity contribution is 6.02. The molecule has 0 atom stereocenters. The van der Waals surface area contributed by atoms with E-state index in [9.17, 15) is 4.79 Å². The van der Waals surface area contributed by atoms with Crippen LogP contribution in [0.25, 0.3) is 0 Å². The molecule has 2 aromatic rings. The third-order valence-electron chi connectivity index (χ3n) is 4.35. The molecule has 24 heavy (non-hydrogen) atoms. The minimum absolute atomic E-state index is 0.0256. The van der Waals surface area contributed by atoms with E-state index < -0.39 is 0 Å². The number of carbonyl (C=O) groups is 1. The summed E-state index contributed by atoms with van der Waals surface area (Å²) in [6.45, 7) is 2.29. The Morgan fingerprint density at radius 1 is 1.04 bits per heavy atom. The Labute approximate surface area is 141 Å². The van der Waals surface area contributed by atoms with E-state index in [1.165, 1.54) is 0 Å². The second-order valence-electron chi connectivity index (χ2n) is 5.92. The number of nitrogens with zero attached hydrogens (tertiary/aromatic N) is 3. The molecule has 5 heteroatoms. The van der Waals surface area contributed by atoms with E-state index in [-0.39, 0.29) is 5.91 Å². The van der Waals surface area contributed by atoms with Crippen molar-refractivity contribution in [2.24, 2.45) is 5.10 Å². The number of rotatable bonds is 3. The molecule has 0 aliphatic carbocycles. The number of hydrazone groups is 1. The van der Waals surface area contributed by atoms with E-state index >= 15 is 0 Å². The maximum atomic E-state index is 12.6. The number of fused-ring (bicyclic) bond motifs is 1. The van der Waals surface area contributed by atoms with Crippen LogP contribution in [0, 0.1) is 0 Å². The number of para-hydroxylation sites is 2. The van der Waals surface area contributed by atoms with Crippen molar-refractivity contribution in [1.82, 2.24) is 5.01 Å². The Morgan fingerprint density at radius 2 is 1.83 bits per heavy atom. The summed E-state index contributed by atoms with van der Waals surface area (Å²) >= 11 is 0. The fourth-order valence-electron chi connectivity index (χ4n) is 3.11. The third kappa shape index (κ3) is 2.85. The smallest absolute Gasteiger partial charge is 0.262 e. The molecule has 1 amide bonds. The summed E-state index contributed by atoms with van der Waals surface area (Å²) in [7, 11) is 0. The molecule has 2 heterocycles. The van der Waals surface area contributed by atoms with Gasteiger partial charge in [-0.2, -0.15) is 5.10 Å². The lowest BCUT2D eigenvalue weighted by molar-refractivity contribution is -0.129. The van der Waals surface area contributed by atoms with Gasteiger partial charge in [0.2, 0.25) is 0 Å². The van der Waals surface area contributed by atoms with Gasteiger partial charge in [0.25, 0.3) is 5.91 Å². The van der Waals surface area contributed by atoms with Gasteiger partial charge < -0.3 is 9.64 Å². The molecule has 2 aromatic carbocycles. The Bertz CT molecular complexity index is 773. The predicted octanol–water partition coefficient (Wildman–Crippen LogP) is 2.52. The highest BCUT2D eigenvalue weighted by atomic mass is 16.5. The van der Waals surface area contributed by atoms with Crippen molar-refractivity contribution in [2.45, 2.75) is 6.42 Å². The summed E-state index contributed by atoms with van der Waals surface area (Å²) in [5.74, 6) is 0.865. The van der Waals surface area contributed by atoms with Gasteiger partial charge in [0, 0.05) is 6.42 Å². The van der Waals surface area contributed by atoms with Gasteiger partial charge in [0.05, 0.1) is 31.0 Å². The van der Waals surface area contributed by atoms with Crippen LogP contribution in [0.3, 0.4) is 0 Å². The molecular weight excluding hydrogens is 302 g/mol. The van der Waals surface area contributed by atoms with Gasteiger partial charge in [-0.25, -0.2) is 5.01 Å². The van der Waals surface area contributed by atoms with Crippen LogP contribution in [0.2, 0.25) is 0 Å². The second-order valence-corrected chi connectivity index (χ2v) is 5.92. The number of anilines is 1. The van der Waals surface area contributed by atoms with E-state index in [4.69, 9.17) is 4.74 Å². The average molecular weight is 321 g/mol. The Kier molecular flexibility index (Phi) is 3.91. The van der Waals surface area contributed by atoms with Crippen LogP contribution in [0.4, 0.5) is 5.69 Å². The standard InChI is InChI=1S/C19H19N3O2/c23-19(14-21-12-13-24-18-9-5-4-8-17(18)21)22-11-10-16(20-22)15-6-2-1-3-7-15/h1-9H,10-14H2. The summed E-state index contributed by atoms with van der Waals surface area (Å²) in [4.78, 5) is 14.7. The van der Waals surface area contributed by atoms with Crippen LogP contribution in [0.1, 0.15) is 12.0 Å². The van der Waals surface area contributed by atoms with Gasteiger partial charge in [0.1, 0.15) is 12.4 Å². The average Bonchev–Trinajstić information content (AvgIpc) is 3.13. The largest absolute Gasteiger partial charge is 0.490 e. The van der Waals surface area contributed by atoms with Crippen LogP contribution >= 0.6 is 0 Å². The number of amides is 1. The van der Waals surface area contributed by atoms with E-state index in [1.807, 2.05) is 54.6 Å².